The van der Waals surface area contributed by atoms with Crippen molar-refractivity contribution < 1.29 is 9.47 Å². The second kappa shape index (κ2) is 11.0. The third-order valence-corrected chi connectivity index (χ3v) is 3.21. The lowest BCUT2D eigenvalue weighted by Gasteiger charge is -2.14. The first-order chi connectivity index (χ1) is 9.22. The van der Waals surface area contributed by atoms with Gasteiger partial charge in [-0.1, -0.05) is 6.92 Å². The standard InChI is InChI=1S/C14H19IN2O2.ClH/c1-3-6-17-10-11-8-12(15)14(19-7-5-16)13(9-11)18-4-2;/h8-9,17H,3-4,6-7,10H2,1-2H3;1H. The maximum absolute atomic E-state index is 8.61. The summed E-state index contributed by atoms with van der Waals surface area (Å²) in [5.41, 5.74) is 1.16. The fraction of sp³-hybridized carbons (Fsp3) is 0.500. The fourth-order valence-corrected chi connectivity index (χ4v) is 2.46. The van der Waals surface area contributed by atoms with E-state index in [1.807, 2.05) is 19.1 Å². The lowest BCUT2D eigenvalue weighted by atomic mass is 10.2. The quantitative estimate of drug-likeness (QED) is 0.526. The molecule has 112 valence electrons. The fourth-order valence-electron chi connectivity index (χ4n) is 1.64. The van der Waals surface area contributed by atoms with Gasteiger partial charge in [0.15, 0.2) is 18.1 Å². The van der Waals surface area contributed by atoms with Crippen LogP contribution in [-0.4, -0.2) is 19.8 Å². The van der Waals surface area contributed by atoms with Crippen molar-refractivity contribution in [1.82, 2.24) is 5.32 Å². The minimum atomic E-state index is 0. The van der Waals surface area contributed by atoms with Crippen LogP contribution in [0.15, 0.2) is 12.1 Å². The molecule has 20 heavy (non-hydrogen) atoms. The van der Waals surface area contributed by atoms with Crippen LogP contribution in [-0.2, 0) is 6.54 Å². The number of nitrogens with zero attached hydrogens (tertiary/aromatic N) is 1. The molecule has 0 fully saturated rings. The Hall–Kier alpha value is -0.710. The maximum atomic E-state index is 8.61. The van der Waals surface area contributed by atoms with Crippen LogP contribution in [0.3, 0.4) is 0 Å². The van der Waals surface area contributed by atoms with Crippen LogP contribution in [0.1, 0.15) is 25.8 Å². The van der Waals surface area contributed by atoms with Gasteiger partial charge in [-0.15, -0.1) is 12.4 Å². The van der Waals surface area contributed by atoms with Crippen LogP contribution >= 0.6 is 35.0 Å². The van der Waals surface area contributed by atoms with E-state index in [9.17, 15) is 0 Å². The largest absolute Gasteiger partial charge is 0.490 e. The van der Waals surface area contributed by atoms with Crippen LogP contribution in [0.2, 0.25) is 0 Å². The van der Waals surface area contributed by atoms with E-state index < -0.39 is 0 Å². The first kappa shape index (κ1) is 19.3. The smallest absolute Gasteiger partial charge is 0.176 e. The van der Waals surface area contributed by atoms with Gasteiger partial charge in [-0.2, -0.15) is 5.26 Å². The maximum Gasteiger partial charge on any atom is 0.176 e. The predicted molar refractivity (Wildman–Crippen MR) is 90.7 cm³/mol. The number of nitriles is 1. The van der Waals surface area contributed by atoms with E-state index in [4.69, 9.17) is 14.7 Å². The molecule has 0 radical (unpaired) electrons. The molecule has 0 aliphatic heterocycles. The Morgan fingerprint density at radius 3 is 2.65 bits per heavy atom. The Kier molecular flexibility index (Phi) is 10.6. The number of ether oxygens (including phenoxy) is 2. The average molecular weight is 411 g/mol. The monoisotopic (exact) mass is 410 g/mol. The third-order valence-electron chi connectivity index (χ3n) is 2.41. The number of halogens is 2. The van der Waals surface area contributed by atoms with Crippen molar-refractivity contribution in [3.05, 3.63) is 21.3 Å². The summed E-state index contributed by atoms with van der Waals surface area (Å²) in [5.74, 6) is 1.36. The summed E-state index contributed by atoms with van der Waals surface area (Å²) in [4.78, 5) is 0. The number of hydrogen-bond donors (Lipinski definition) is 1. The molecule has 6 heteroatoms. The van der Waals surface area contributed by atoms with Crippen LogP contribution in [0, 0.1) is 14.9 Å². The predicted octanol–water partition coefficient (Wildman–Crippen LogP) is 3.51. The lowest BCUT2D eigenvalue weighted by Crippen LogP contribution is -2.14. The zero-order chi connectivity index (χ0) is 14.1. The van der Waals surface area contributed by atoms with Gasteiger partial charge in [0.2, 0.25) is 0 Å². The van der Waals surface area contributed by atoms with E-state index in [-0.39, 0.29) is 19.0 Å². The SMILES string of the molecule is CCCNCc1cc(I)c(OCC#N)c(OCC)c1.Cl. The second-order valence-electron chi connectivity index (χ2n) is 3.96. The van der Waals surface area contributed by atoms with E-state index in [0.29, 0.717) is 18.1 Å². The number of benzene rings is 1. The molecule has 0 bridgehead atoms. The molecule has 0 amide bonds. The van der Waals surface area contributed by atoms with Crippen molar-refractivity contribution in [2.75, 3.05) is 19.8 Å². The van der Waals surface area contributed by atoms with Gasteiger partial charge < -0.3 is 14.8 Å². The number of rotatable bonds is 8. The van der Waals surface area contributed by atoms with Gasteiger partial charge in [0.05, 0.1) is 10.2 Å². The molecule has 4 nitrogen and oxygen atoms in total. The van der Waals surface area contributed by atoms with Gasteiger partial charge in [-0.25, -0.2) is 0 Å². The minimum absolute atomic E-state index is 0. The van der Waals surface area contributed by atoms with Gasteiger partial charge in [-0.05, 0) is 60.2 Å². The Balaban J connectivity index is 0.00000361. The molecule has 0 saturated carbocycles. The van der Waals surface area contributed by atoms with E-state index in [1.165, 1.54) is 0 Å². The van der Waals surface area contributed by atoms with Gasteiger partial charge in [0, 0.05) is 6.54 Å². The highest BCUT2D eigenvalue weighted by Crippen LogP contribution is 2.34. The average Bonchev–Trinajstić information content (AvgIpc) is 2.38. The summed E-state index contributed by atoms with van der Waals surface area (Å²) in [6, 6.07) is 6.00. The Morgan fingerprint density at radius 1 is 1.30 bits per heavy atom. The normalized spacial score (nSPS) is 9.50. The molecule has 0 aliphatic carbocycles. The molecule has 0 heterocycles. The summed E-state index contributed by atoms with van der Waals surface area (Å²) in [7, 11) is 0. The van der Waals surface area contributed by atoms with Gasteiger partial charge in [0.1, 0.15) is 6.07 Å². The molecular weight excluding hydrogens is 391 g/mol. The zero-order valence-electron chi connectivity index (χ0n) is 11.7. The number of nitrogens with one attached hydrogen (secondary N) is 1. The van der Waals surface area contributed by atoms with Crippen molar-refractivity contribution in [2.45, 2.75) is 26.8 Å². The van der Waals surface area contributed by atoms with E-state index in [1.54, 1.807) is 0 Å². The molecule has 0 atom stereocenters. The zero-order valence-corrected chi connectivity index (χ0v) is 14.7. The van der Waals surface area contributed by atoms with Crippen LogP contribution in [0.25, 0.3) is 0 Å². The summed E-state index contributed by atoms with van der Waals surface area (Å²) in [5, 5.41) is 12.0. The molecule has 0 unspecified atom stereocenters. The molecular formula is C14H20ClIN2O2. The topological polar surface area (TPSA) is 54.3 Å². The molecule has 0 saturated heterocycles. The van der Waals surface area contributed by atoms with Crippen molar-refractivity contribution in [2.24, 2.45) is 0 Å². The van der Waals surface area contributed by atoms with Crippen LogP contribution < -0.4 is 14.8 Å². The van der Waals surface area contributed by atoms with Gasteiger partial charge in [-0.3, -0.25) is 0 Å². The highest BCUT2D eigenvalue weighted by molar-refractivity contribution is 14.1. The summed E-state index contributed by atoms with van der Waals surface area (Å²) in [6.07, 6.45) is 1.11. The van der Waals surface area contributed by atoms with Crippen molar-refractivity contribution >= 4 is 35.0 Å². The van der Waals surface area contributed by atoms with E-state index in [2.05, 4.69) is 40.9 Å². The first-order valence-electron chi connectivity index (χ1n) is 6.38. The minimum Gasteiger partial charge on any atom is -0.490 e. The van der Waals surface area contributed by atoms with Crippen LogP contribution in [0.4, 0.5) is 0 Å². The van der Waals surface area contributed by atoms with Crippen molar-refractivity contribution in [3.63, 3.8) is 0 Å². The third kappa shape index (κ3) is 6.16. The second-order valence-corrected chi connectivity index (χ2v) is 5.12. The Morgan fingerprint density at radius 2 is 2.05 bits per heavy atom. The summed E-state index contributed by atoms with van der Waals surface area (Å²) in [6.45, 7) is 6.48. The Labute approximate surface area is 140 Å². The lowest BCUT2D eigenvalue weighted by molar-refractivity contribution is 0.296. The van der Waals surface area contributed by atoms with Crippen LogP contribution in [0.5, 0.6) is 11.5 Å². The highest BCUT2D eigenvalue weighted by atomic mass is 127. The molecule has 0 spiro atoms. The molecule has 0 aliphatic rings. The van der Waals surface area contributed by atoms with Crippen molar-refractivity contribution in [3.8, 4) is 17.6 Å². The highest BCUT2D eigenvalue weighted by Gasteiger charge is 2.12. The summed E-state index contributed by atoms with van der Waals surface area (Å²) < 4.78 is 12.0. The molecule has 1 aromatic rings. The first-order valence-corrected chi connectivity index (χ1v) is 7.46. The molecule has 1 rings (SSSR count). The van der Waals surface area contributed by atoms with E-state index >= 15 is 0 Å². The van der Waals surface area contributed by atoms with Crippen molar-refractivity contribution in [1.29, 1.82) is 5.26 Å². The number of hydrogen-bond acceptors (Lipinski definition) is 4. The van der Waals surface area contributed by atoms with Gasteiger partial charge in [0.25, 0.3) is 0 Å². The van der Waals surface area contributed by atoms with E-state index in [0.717, 1.165) is 28.6 Å². The molecule has 1 aromatic carbocycles. The molecule has 1 N–H and O–H groups in total. The Bertz CT molecular complexity index is 450. The summed E-state index contributed by atoms with van der Waals surface area (Å²) >= 11 is 2.21. The molecule has 0 aromatic heterocycles. The van der Waals surface area contributed by atoms with Gasteiger partial charge >= 0.3 is 0 Å².